The van der Waals surface area contributed by atoms with Gasteiger partial charge in [0.25, 0.3) is 11.6 Å². The van der Waals surface area contributed by atoms with Crippen molar-refractivity contribution in [3.05, 3.63) is 75.5 Å². The molecular formula is C20H20N4O4S. The highest BCUT2D eigenvalue weighted by atomic mass is 32.1. The molecule has 0 fully saturated rings. The standard InChI is InChI=1S/C20H20N4O4S/c1-3-28-16-9-7-14(8-10-16)22-19(25)17-12(2)21-20(29)23-18(17)13-5-4-6-15(11-13)24(26)27/h4-11,18H,3H2,1-2H3,(H,22,25)(H2,21,23,29)/t18-/m0/s1. The number of carbonyl (C=O) groups excluding carboxylic acids is 1. The lowest BCUT2D eigenvalue weighted by Gasteiger charge is -2.30. The zero-order chi connectivity index (χ0) is 21.0. The Bertz CT molecular complexity index is 988. The number of amides is 1. The molecule has 2 aromatic rings. The van der Waals surface area contributed by atoms with Gasteiger partial charge in [-0.1, -0.05) is 12.1 Å². The molecule has 0 saturated carbocycles. The molecule has 8 nitrogen and oxygen atoms in total. The van der Waals surface area contributed by atoms with E-state index in [2.05, 4.69) is 16.0 Å². The van der Waals surface area contributed by atoms with Gasteiger partial charge >= 0.3 is 0 Å². The molecule has 0 spiro atoms. The van der Waals surface area contributed by atoms with Crippen LogP contribution >= 0.6 is 12.2 Å². The molecule has 1 amide bonds. The van der Waals surface area contributed by atoms with Crippen LogP contribution in [0.2, 0.25) is 0 Å². The lowest BCUT2D eigenvalue weighted by Crippen LogP contribution is -2.45. The fourth-order valence-corrected chi connectivity index (χ4v) is 3.33. The molecule has 1 heterocycles. The number of nitrogens with one attached hydrogen (secondary N) is 3. The van der Waals surface area contributed by atoms with E-state index >= 15 is 0 Å². The Hall–Kier alpha value is -3.46. The predicted molar refractivity (Wildman–Crippen MR) is 114 cm³/mol. The largest absolute Gasteiger partial charge is 0.494 e. The minimum atomic E-state index is -0.619. The fourth-order valence-electron chi connectivity index (χ4n) is 3.06. The molecule has 0 unspecified atom stereocenters. The van der Waals surface area contributed by atoms with Crippen LogP contribution < -0.4 is 20.7 Å². The van der Waals surface area contributed by atoms with Gasteiger partial charge in [-0.3, -0.25) is 14.9 Å². The number of allylic oxidation sites excluding steroid dienone is 1. The summed E-state index contributed by atoms with van der Waals surface area (Å²) in [6.07, 6.45) is 0. The van der Waals surface area contributed by atoms with Crippen molar-refractivity contribution < 1.29 is 14.5 Å². The van der Waals surface area contributed by atoms with E-state index in [1.807, 2.05) is 6.92 Å². The summed E-state index contributed by atoms with van der Waals surface area (Å²) in [6.45, 7) is 4.19. The van der Waals surface area contributed by atoms with Gasteiger partial charge in [0, 0.05) is 23.5 Å². The summed E-state index contributed by atoms with van der Waals surface area (Å²) in [6, 6.07) is 12.5. The van der Waals surface area contributed by atoms with Gasteiger partial charge in [0.05, 0.1) is 23.1 Å². The highest BCUT2D eigenvalue weighted by Gasteiger charge is 2.30. The van der Waals surface area contributed by atoms with E-state index in [0.29, 0.717) is 40.0 Å². The first kappa shape index (κ1) is 20.3. The Labute approximate surface area is 173 Å². The highest BCUT2D eigenvalue weighted by molar-refractivity contribution is 7.80. The molecule has 0 bridgehead atoms. The lowest BCUT2D eigenvalue weighted by atomic mass is 9.94. The van der Waals surface area contributed by atoms with Gasteiger partial charge in [-0.2, -0.15) is 0 Å². The molecule has 1 aliphatic rings. The first-order valence-corrected chi connectivity index (χ1v) is 9.36. The number of non-ortho nitro benzene ring substituents is 1. The van der Waals surface area contributed by atoms with Gasteiger partial charge in [-0.25, -0.2) is 0 Å². The van der Waals surface area contributed by atoms with Crippen LogP contribution in [0.3, 0.4) is 0 Å². The predicted octanol–water partition coefficient (Wildman–Crippen LogP) is 3.43. The summed E-state index contributed by atoms with van der Waals surface area (Å²) in [7, 11) is 0. The summed E-state index contributed by atoms with van der Waals surface area (Å²) >= 11 is 5.22. The molecule has 0 radical (unpaired) electrons. The molecule has 2 aromatic carbocycles. The van der Waals surface area contributed by atoms with Crippen molar-refractivity contribution in [3.63, 3.8) is 0 Å². The second kappa shape index (κ2) is 8.70. The SMILES string of the molecule is CCOc1ccc(NC(=O)C2=C(C)NC(=S)N[C@H]2c2cccc([N+](=O)[O-])c2)cc1. The van der Waals surface area contributed by atoms with Crippen LogP contribution in [-0.4, -0.2) is 22.5 Å². The van der Waals surface area contributed by atoms with Crippen LogP contribution in [0.25, 0.3) is 0 Å². The minimum Gasteiger partial charge on any atom is -0.494 e. The van der Waals surface area contributed by atoms with Crippen LogP contribution in [0.4, 0.5) is 11.4 Å². The number of nitrogens with zero attached hydrogens (tertiary/aromatic N) is 1. The van der Waals surface area contributed by atoms with Gasteiger partial charge < -0.3 is 20.7 Å². The minimum absolute atomic E-state index is 0.0577. The Kier molecular flexibility index (Phi) is 6.08. The van der Waals surface area contributed by atoms with Crippen molar-refractivity contribution in [2.45, 2.75) is 19.9 Å². The molecule has 1 aliphatic heterocycles. The summed E-state index contributed by atoms with van der Waals surface area (Å²) < 4.78 is 5.41. The van der Waals surface area contributed by atoms with Crippen molar-refractivity contribution in [1.82, 2.24) is 10.6 Å². The van der Waals surface area contributed by atoms with E-state index in [0.717, 1.165) is 0 Å². The first-order chi connectivity index (χ1) is 13.9. The molecule has 1 atom stereocenters. The normalized spacial score (nSPS) is 15.9. The van der Waals surface area contributed by atoms with Gasteiger partial charge in [0.1, 0.15) is 5.75 Å². The number of benzene rings is 2. The van der Waals surface area contributed by atoms with E-state index in [1.165, 1.54) is 12.1 Å². The second-order valence-electron chi connectivity index (χ2n) is 6.33. The number of hydrogen-bond acceptors (Lipinski definition) is 5. The van der Waals surface area contributed by atoms with Crippen LogP contribution in [0.1, 0.15) is 25.5 Å². The Morgan fingerprint density at radius 2 is 2.00 bits per heavy atom. The van der Waals surface area contributed by atoms with E-state index < -0.39 is 11.0 Å². The molecule has 0 saturated heterocycles. The average molecular weight is 412 g/mol. The molecule has 150 valence electrons. The summed E-state index contributed by atoms with van der Waals surface area (Å²) in [4.78, 5) is 23.7. The van der Waals surface area contributed by atoms with Crippen molar-refractivity contribution >= 4 is 34.6 Å². The number of ether oxygens (including phenoxy) is 1. The summed E-state index contributed by atoms with van der Waals surface area (Å²) in [5, 5.41) is 20.3. The van der Waals surface area contributed by atoms with Crippen molar-refractivity contribution in [2.24, 2.45) is 0 Å². The third-order valence-electron chi connectivity index (χ3n) is 4.35. The monoisotopic (exact) mass is 412 g/mol. The maximum Gasteiger partial charge on any atom is 0.269 e. The number of carbonyl (C=O) groups is 1. The van der Waals surface area contributed by atoms with Crippen molar-refractivity contribution in [3.8, 4) is 5.75 Å². The van der Waals surface area contributed by atoms with E-state index in [9.17, 15) is 14.9 Å². The lowest BCUT2D eigenvalue weighted by molar-refractivity contribution is -0.384. The van der Waals surface area contributed by atoms with Gasteiger partial charge in [-0.05, 0) is 55.9 Å². The van der Waals surface area contributed by atoms with Crippen LogP contribution in [0.5, 0.6) is 5.75 Å². The Morgan fingerprint density at radius 3 is 2.66 bits per heavy atom. The number of rotatable bonds is 6. The average Bonchev–Trinajstić information content (AvgIpc) is 2.69. The number of nitro benzene ring substituents is 1. The maximum absolute atomic E-state index is 13.0. The molecule has 3 rings (SSSR count). The summed E-state index contributed by atoms with van der Waals surface area (Å²) in [5.74, 6) is 0.368. The molecule has 0 aromatic heterocycles. The third kappa shape index (κ3) is 4.69. The van der Waals surface area contributed by atoms with Crippen molar-refractivity contribution in [2.75, 3.05) is 11.9 Å². The van der Waals surface area contributed by atoms with E-state index in [1.54, 1.807) is 43.3 Å². The number of hydrogen-bond donors (Lipinski definition) is 3. The zero-order valence-electron chi connectivity index (χ0n) is 15.9. The number of anilines is 1. The van der Waals surface area contributed by atoms with E-state index in [-0.39, 0.29) is 11.6 Å². The molecule has 0 aliphatic carbocycles. The molecular weight excluding hydrogens is 392 g/mol. The molecule has 3 N–H and O–H groups in total. The highest BCUT2D eigenvalue weighted by Crippen LogP contribution is 2.30. The van der Waals surface area contributed by atoms with Crippen LogP contribution in [0, 0.1) is 10.1 Å². The zero-order valence-corrected chi connectivity index (χ0v) is 16.7. The quantitative estimate of drug-likeness (QED) is 0.379. The summed E-state index contributed by atoms with van der Waals surface area (Å²) in [5.41, 5.74) is 2.09. The van der Waals surface area contributed by atoms with Crippen molar-refractivity contribution in [1.29, 1.82) is 0 Å². The van der Waals surface area contributed by atoms with Gasteiger partial charge in [0.15, 0.2) is 5.11 Å². The van der Waals surface area contributed by atoms with Gasteiger partial charge in [0.2, 0.25) is 0 Å². The molecule has 9 heteroatoms. The Balaban J connectivity index is 1.90. The fraction of sp³-hybridized carbons (Fsp3) is 0.200. The van der Waals surface area contributed by atoms with Gasteiger partial charge in [-0.15, -0.1) is 0 Å². The maximum atomic E-state index is 13.0. The Morgan fingerprint density at radius 1 is 1.28 bits per heavy atom. The van der Waals surface area contributed by atoms with Crippen LogP contribution in [-0.2, 0) is 4.79 Å². The van der Waals surface area contributed by atoms with E-state index in [4.69, 9.17) is 17.0 Å². The third-order valence-corrected chi connectivity index (χ3v) is 4.57. The second-order valence-corrected chi connectivity index (χ2v) is 6.74. The smallest absolute Gasteiger partial charge is 0.269 e. The van der Waals surface area contributed by atoms with Crippen LogP contribution in [0.15, 0.2) is 59.8 Å². The number of thiocarbonyl (C=S) groups is 1. The first-order valence-electron chi connectivity index (χ1n) is 8.96. The number of nitro groups is 1. The molecule has 29 heavy (non-hydrogen) atoms. The topological polar surface area (TPSA) is 106 Å².